The number of carbonyl (C=O) groups is 1. The predicted molar refractivity (Wildman–Crippen MR) is 88.0 cm³/mol. The minimum Gasteiger partial charge on any atom is -0.373 e. The van der Waals surface area contributed by atoms with Gasteiger partial charge in [0.1, 0.15) is 11.6 Å². The summed E-state index contributed by atoms with van der Waals surface area (Å²) >= 11 is 1.63. The molecule has 2 aromatic rings. The zero-order valence-corrected chi connectivity index (χ0v) is 13.7. The average Bonchev–Trinajstić information content (AvgIpc) is 3.17. The van der Waals surface area contributed by atoms with E-state index < -0.39 is 0 Å². The van der Waals surface area contributed by atoms with Crippen LogP contribution in [-0.4, -0.2) is 34.4 Å². The molecule has 1 aliphatic rings. The Morgan fingerprint density at radius 3 is 3.09 bits per heavy atom. The number of hydrogen-bond acceptors (Lipinski definition) is 5. The van der Waals surface area contributed by atoms with E-state index in [0.717, 1.165) is 42.3 Å². The number of aryl methyl sites for hydroxylation is 1. The quantitative estimate of drug-likeness (QED) is 0.942. The molecule has 0 aliphatic carbocycles. The van der Waals surface area contributed by atoms with E-state index >= 15 is 0 Å². The SMILES string of the molecule is CNc1cc([C@H]2CCCN2C(=O)Cc2ccsc2)nc(C)n1. The molecule has 1 amide bonds. The van der Waals surface area contributed by atoms with Gasteiger partial charge in [0.2, 0.25) is 5.91 Å². The summed E-state index contributed by atoms with van der Waals surface area (Å²) < 4.78 is 0. The van der Waals surface area contributed by atoms with Gasteiger partial charge in [0.05, 0.1) is 18.2 Å². The lowest BCUT2D eigenvalue weighted by Gasteiger charge is -2.24. The van der Waals surface area contributed by atoms with Crippen molar-refractivity contribution in [2.75, 3.05) is 18.9 Å². The first-order valence-electron chi connectivity index (χ1n) is 7.51. The molecule has 6 heteroatoms. The Morgan fingerprint density at radius 1 is 1.50 bits per heavy atom. The number of nitrogens with zero attached hydrogens (tertiary/aromatic N) is 3. The Hall–Kier alpha value is -1.95. The third-order valence-corrected chi connectivity index (χ3v) is 4.70. The van der Waals surface area contributed by atoms with Crippen LogP contribution in [-0.2, 0) is 11.2 Å². The van der Waals surface area contributed by atoms with Gasteiger partial charge < -0.3 is 10.2 Å². The topological polar surface area (TPSA) is 58.1 Å². The molecule has 1 fully saturated rings. The summed E-state index contributed by atoms with van der Waals surface area (Å²) in [7, 11) is 1.85. The Kier molecular flexibility index (Phi) is 4.38. The highest BCUT2D eigenvalue weighted by atomic mass is 32.1. The molecule has 0 unspecified atom stereocenters. The van der Waals surface area contributed by atoms with Crippen LogP contribution in [0, 0.1) is 6.92 Å². The molecule has 0 radical (unpaired) electrons. The van der Waals surface area contributed by atoms with Crippen molar-refractivity contribution in [3.05, 3.63) is 40.0 Å². The van der Waals surface area contributed by atoms with E-state index in [1.165, 1.54) is 0 Å². The van der Waals surface area contributed by atoms with Crippen LogP contribution in [0.15, 0.2) is 22.9 Å². The second-order valence-electron chi connectivity index (χ2n) is 5.53. The van der Waals surface area contributed by atoms with Crippen LogP contribution in [0.4, 0.5) is 5.82 Å². The number of rotatable bonds is 4. The summed E-state index contributed by atoms with van der Waals surface area (Å²) in [5.41, 5.74) is 2.03. The Bertz CT molecular complexity index is 656. The minimum absolute atomic E-state index is 0.0694. The molecule has 1 N–H and O–H groups in total. The maximum atomic E-state index is 12.6. The van der Waals surface area contributed by atoms with Crippen LogP contribution in [0.3, 0.4) is 0 Å². The Balaban J connectivity index is 1.80. The molecule has 1 aliphatic heterocycles. The lowest BCUT2D eigenvalue weighted by molar-refractivity contribution is -0.131. The van der Waals surface area contributed by atoms with Crippen molar-refractivity contribution < 1.29 is 4.79 Å². The highest BCUT2D eigenvalue weighted by molar-refractivity contribution is 7.07. The van der Waals surface area contributed by atoms with E-state index in [1.54, 1.807) is 11.3 Å². The molecule has 0 saturated carbocycles. The molecule has 116 valence electrons. The Morgan fingerprint density at radius 2 is 2.36 bits per heavy atom. The summed E-state index contributed by atoms with van der Waals surface area (Å²) in [4.78, 5) is 23.5. The van der Waals surface area contributed by atoms with Crippen molar-refractivity contribution in [2.24, 2.45) is 0 Å². The van der Waals surface area contributed by atoms with Crippen LogP contribution >= 0.6 is 11.3 Å². The normalized spacial score (nSPS) is 17.7. The fraction of sp³-hybridized carbons (Fsp3) is 0.438. The first-order valence-corrected chi connectivity index (χ1v) is 8.45. The zero-order chi connectivity index (χ0) is 15.5. The molecule has 22 heavy (non-hydrogen) atoms. The number of nitrogens with one attached hydrogen (secondary N) is 1. The number of amides is 1. The number of hydrogen-bond donors (Lipinski definition) is 1. The maximum Gasteiger partial charge on any atom is 0.227 e. The van der Waals surface area contributed by atoms with Crippen LogP contribution in [0.2, 0.25) is 0 Å². The second kappa shape index (κ2) is 6.44. The third-order valence-electron chi connectivity index (χ3n) is 3.96. The van der Waals surface area contributed by atoms with E-state index in [-0.39, 0.29) is 11.9 Å². The van der Waals surface area contributed by atoms with Crippen molar-refractivity contribution in [3.8, 4) is 0 Å². The molecule has 3 heterocycles. The van der Waals surface area contributed by atoms with Crippen LogP contribution in [0.1, 0.15) is 36.0 Å². The second-order valence-corrected chi connectivity index (χ2v) is 6.31. The molecular weight excluding hydrogens is 296 g/mol. The van der Waals surface area contributed by atoms with Gasteiger partial charge in [-0.05, 0) is 42.2 Å². The lowest BCUT2D eigenvalue weighted by atomic mass is 10.1. The first kappa shape index (κ1) is 15.0. The highest BCUT2D eigenvalue weighted by Crippen LogP contribution is 2.32. The van der Waals surface area contributed by atoms with Gasteiger partial charge in [0.15, 0.2) is 0 Å². The summed E-state index contributed by atoms with van der Waals surface area (Å²) in [5, 5.41) is 7.11. The Labute approximate surface area is 134 Å². The van der Waals surface area contributed by atoms with Gasteiger partial charge in [-0.15, -0.1) is 0 Å². The molecule has 2 aromatic heterocycles. The number of thiophene rings is 1. The van der Waals surface area contributed by atoms with Crippen LogP contribution < -0.4 is 5.32 Å². The predicted octanol–water partition coefficient (Wildman–Crippen LogP) is 2.79. The van der Waals surface area contributed by atoms with Crippen LogP contribution in [0.25, 0.3) is 0 Å². The van der Waals surface area contributed by atoms with E-state index in [2.05, 4.69) is 15.3 Å². The zero-order valence-electron chi connectivity index (χ0n) is 12.9. The standard InChI is InChI=1S/C16H20N4OS/c1-11-18-13(9-15(17-2)19-11)14-4-3-6-20(14)16(21)8-12-5-7-22-10-12/h5,7,9-10,14H,3-4,6,8H2,1-2H3,(H,17,18,19)/t14-/m1/s1. The van der Waals surface area contributed by atoms with Gasteiger partial charge in [-0.3, -0.25) is 4.79 Å². The fourth-order valence-electron chi connectivity index (χ4n) is 2.93. The van der Waals surface area contributed by atoms with Crippen molar-refractivity contribution in [2.45, 2.75) is 32.2 Å². The van der Waals surface area contributed by atoms with Gasteiger partial charge in [-0.1, -0.05) is 0 Å². The molecular formula is C16H20N4OS. The molecule has 3 rings (SSSR count). The molecule has 0 bridgehead atoms. The van der Waals surface area contributed by atoms with E-state index in [9.17, 15) is 4.79 Å². The summed E-state index contributed by atoms with van der Waals surface area (Å²) in [6, 6.07) is 4.04. The lowest BCUT2D eigenvalue weighted by Crippen LogP contribution is -2.32. The van der Waals surface area contributed by atoms with E-state index in [0.29, 0.717) is 6.42 Å². The molecule has 1 saturated heterocycles. The van der Waals surface area contributed by atoms with E-state index in [1.807, 2.05) is 41.8 Å². The molecule has 1 atom stereocenters. The first-order chi connectivity index (χ1) is 10.7. The van der Waals surface area contributed by atoms with Crippen molar-refractivity contribution in [3.63, 3.8) is 0 Å². The summed E-state index contributed by atoms with van der Waals surface area (Å²) in [6.45, 7) is 2.70. The fourth-order valence-corrected chi connectivity index (χ4v) is 3.60. The van der Waals surface area contributed by atoms with Crippen molar-refractivity contribution in [1.82, 2.24) is 14.9 Å². The number of carbonyl (C=O) groups excluding carboxylic acids is 1. The molecule has 5 nitrogen and oxygen atoms in total. The van der Waals surface area contributed by atoms with Gasteiger partial charge in [-0.2, -0.15) is 11.3 Å². The minimum atomic E-state index is 0.0694. The number of aromatic nitrogens is 2. The average molecular weight is 316 g/mol. The molecule has 0 spiro atoms. The number of likely N-dealkylation sites (tertiary alicyclic amines) is 1. The van der Waals surface area contributed by atoms with Gasteiger partial charge in [0, 0.05) is 19.7 Å². The summed E-state index contributed by atoms with van der Waals surface area (Å²) in [5.74, 6) is 1.72. The van der Waals surface area contributed by atoms with Gasteiger partial charge in [0.25, 0.3) is 0 Å². The van der Waals surface area contributed by atoms with Gasteiger partial charge >= 0.3 is 0 Å². The molecule has 0 aromatic carbocycles. The van der Waals surface area contributed by atoms with Crippen molar-refractivity contribution in [1.29, 1.82) is 0 Å². The smallest absolute Gasteiger partial charge is 0.227 e. The van der Waals surface area contributed by atoms with Crippen LogP contribution in [0.5, 0.6) is 0 Å². The van der Waals surface area contributed by atoms with Gasteiger partial charge in [-0.25, -0.2) is 9.97 Å². The summed E-state index contributed by atoms with van der Waals surface area (Å²) in [6.07, 6.45) is 2.47. The van der Waals surface area contributed by atoms with Crippen molar-refractivity contribution >= 4 is 23.1 Å². The highest BCUT2D eigenvalue weighted by Gasteiger charge is 2.31. The largest absolute Gasteiger partial charge is 0.373 e. The number of anilines is 1. The monoisotopic (exact) mass is 316 g/mol. The van der Waals surface area contributed by atoms with E-state index in [4.69, 9.17) is 0 Å². The third kappa shape index (κ3) is 3.11. The maximum absolute atomic E-state index is 12.6.